The molecule has 0 aromatic carbocycles. The van der Waals surface area contributed by atoms with Gasteiger partial charge < -0.3 is 15.8 Å². The molecule has 16 heavy (non-hydrogen) atoms. The lowest BCUT2D eigenvalue weighted by Crippen LogP contribution is -2.29. The van der Waals surface area contributed by atoms with E-state index < -0.39 is 0 Å². The van der Waals surface area contributed by atoms with Crippen LogP contribution in [0.1, 0.15) is 23.1 Å². The Morgan fingerprint density at radius 3 is 2.81 bits per heavy atom. The second-order valence-corrected chi connectivity index (χ2v) is 3.43. The van der Waals surface area contributed by atoms with Gasteiger partial charge in [0.1, 0.15) is 5.69 Å². The van der Waals surface area contributed by atoms with Crippen molar-refractivity contribution in [3.8, 4) is 0 Å². The molecule has 0 spiro atoms. The number of nitrogens with two attached hydrogens (primary N) is 1. The fourth-order valence-corrected chi connectivity index (χ4v) is 1.48. The predicted molar refractivity (Wildman–Crippen MR) is 61.2 cm³/mol. The van der Waals surface area contributed by atoms with Crippen LogP contribution in [0, 0.1) is 0 Å². The lowest BCUT2D eigenvalue weighted by atomic mass is 10.2. The van der Waals surface area contributed by atoms with Crippen molar-refractivity contribution in [2.75, 3.05) is 26.0 Å². The minimum absolute atomic E-state index is 0.218. The summed E-state index contributed by atoms with van der Waals surface area (Å²) in [7, 11) is 3.29. The molecule has 0 radical (unpaired) electrons. The standard InChI is InChI=1S/C10H18N4O2/c1-4-7-8(11)9(14(2)13-7)10(15)12-5-6-16-3/h4-6,11H2,1-3H3,(H,12,15). The molecule has 0 aliphatic heterocycles. The fraction of sp³-hybridized carbons (Fsp3) is 0.600. The molecule has 0 unspecified atom stereocenters. The molecular formula is C10H18N4O2. The summed E-state index contributed by atoms with van der Waals surface area (Å²) < 4.78 is 6.36. The number of anilines is 1. The highest BCUT2D eigenvalue weighted by Gasteiger charge is 2.18. The highest BCUT2D eigenvalue weighted by molar-refractivity contribution is 5.97. The Morgan fingerprint density at radius 1 is 1.62 bits per heavy atom. The van der Waals surface area contributed by atoms with Crippen LogP contribution in [0.15, 0.2) is 0 Å². The molecule has 1 amide bonds. The van der Waals surface area contributed by atoms with E-state index in [-0.39, 0.29) is 5.91 Å². The number of aryl methyl sites for hydroxylation is 2. The Bertz CT molecular complexity index is 373. The minimum atomic E-state index is -0.218. The number of rotatable bonds is 5. The van der Waals surface area contributed by atoms with Crippen LogP contribution < -0.4 is 11.1 Å². The zero-order valence-electron chi connectivity index (χ0n) is 9.91. The normalized spacial score (nSPS) is 10.4. The van der Waals surface area contributed by atoms with Crippen LogP contribution in [0.5, 0.6) is 0 Å². The van der Waals surface area contributed by atoms with Crippen LogP contribution in [0.25, 0.3) is 0 Å². The average molecular weight is 226 g/mol. The first-order valence-corrected chi connectivity index (χ1v) is 5.20. The van der Waals surface area contributed by atoms with E-state index in [1.807, 2.05) is 6.92 Å². The van der Waals surface area contributed by atoms with Crippen molar-refractivity contribution in [1.82, 2.24) is 15.1 Å². The van der Waals surface area contributed by atoms with Crippen molar-refractivity contribution in [3.05, 3.63) is 11.4 Å². The van der Waals surface area contributed by atoms with Gasteiger partial charge in [-0.05, 0) is 6.42 Å². The topological polar surface area (TPSA) is 82.2 Å². The van der Waals surface area contributed by atoms with Crippen LogP contribution in [-0.4, -0.2) is 35.9 Å². The molecule has 1 rings (SSSR count). The quantitative estimate of drug-likeness (QED) is 0.689. The third-order valence-corrected chi connectivity index (χ3v) is 2.30. The molecule has 0 saturated carbocycles. The lowest BCUT2D eigenvalue weighted by molar-refractivity contribution is 0.0928. The van der Waals surface area contributed by atoms with E-state index in [4.69, 9.17) is 10.5 Å². The molecule has 0 saturated heterocycles. The van der Waals surface area contributed by atoms with E-state index in [0.29, 0.717) is 31.0 Å². The number of hydrogen-bond donors (Lipinski definition) is 2. The van der Waals surface area contributed by atoms with E-state index in [9.17, 15) is 4.79 Å². The number of amides is 1. The van der Waals surface area contributed by atoms with Gasteiger partial charge >= 0.3 is 0 Å². The summed E-state index contributed by atoms with van der Waals surface area (Å²) >= 11 is 0. The van der Waals surface area contributed by atoms with Crippen molar-refractivity contribution >= 4 is 11.6 Å². The van der Waals surface area contributed by atoms with Gasteiger partial charge in [0.15, 0.2) is 0 Å². The average Bonchev–Trinajstić information content (AvgIpc) is 2.54. The van der Waals surface area contributed by atoms with E-state index in [2.05, 4.69) is 10.4 Å². The monoisotopic (exact) mass is 226 g/mol. The summed E-state index contributed by atoms with van der Waals surface area (Å²) in [5.41, 5.74) is 7.46. The molecule has 1 aromatic heterocycles. The van der Waals surface area contributed by atoms with Gasteiger partial charge in [0.05, 0.1) is 18.0 Å². The third-order valence-electron chi connectivity index (χ3n) is 2.30. The first-order chi connectivity index (χ1) is 7.61. The van der Waals surface area contributed by atoms with E-state index in [0.717, 1.165) is 5.69 Å². The number of ether oxygens (including phenoxy) is 1. The largest absolute Gasteiger partial charge is 0.395 e. The maximum absolute atomic E-state index is 11.8. The Balaban J connectivity index is 2.78. The number of nitrogens with zero attached hydrogens (tertiary/aromatic N) is 2. The van der Waals surface area contributed by atoms with Gasteiger partial charge in [0.25, 0.3) is 5.91 Å². The number of carbonyl (C=O) groups is 1. The van der Waals surface area contributed by atoms with Gasteiger partial charge in [0.2, 0.25) is 0 Å². The second-order valence-electron chi connectivity index (χ2n) is 3.43. The summed E-state index contributed by atoms with van der Waals surface area (Å²) in [6.45, 7) is 2.89. The van der Waals surface area contributed by atoms with Crippen molar-refractivity contribution in [3.63, 3.8) is 0 Å². The summed E-state index contributed by atoms with van der Waals surface area (Å²) in [5.74, 6) is -0.218. The number of aromatic nitrogens is 2. The first-order valence-electron chi connectivity index (χ1n) is 5.20. The molecule has 0 bridgehead atoms. The molecule has 0 fully saturated rings. The number of nitrogens with one attached hydrogen (secondary N) is 1. The third kappa shape index (κ3) is 2.52. The maximum Gasteiger partial charge on any atom is 0.271 e. The highest BCUT2D eigenvalue weighted by Crippen LogP contribution is 2.16. The van der Waals surface area contributed by atoms with E-state index in [1.54, 1.807) is 14.2 Å². The molecule has 3 N–H and O–H groups in total. The van der Waals surface area contributed by atoms with Crippen molar-refractivity contribution in [1.29, 1.82) is 0 Å². The van der Waals surface area contributed by atoms with Gasteiger partial charge in [-0.1, -0.05) is 6.92 Å². The lowest BCUT2D eigenvalue weighted by Gasteiger charge is -2.05. The molecule has 0 aliphatic carbocycles. The Hall–Kier alpha value is -1.56. The smallest absolute Gasteiger partial charge is 0.271 e. The van der Waals surface area contributed by atoms with Gasteiger partial charge in [-0.25, -0.2) is 0 Å². The van der Waals surface area contributed by atoms with Crippen LogP contribution >= 0.6 is 0 Å². The van der Waals surface area contributed by atoms with Gasteiger partial charge in [0, 0.05) is 20.7 Å². The highest BCUT2D eigenvalue weighted by atomic mass is 16.5. The molecule has 90 valence electrons. The zero-order chi connectivity index (χ0) is 12.1. The molecule has 6 heteroatoms. The van der Waals surface area contributed by atoms with Gasteiger partial charge in [-0.3, -0.25) is 9.48 Å². The molecule has 0 atom stereocenters. The molecule has 1 heterocycles. The Kier molecular flexibility index (Phi) is 4.30. The zero-order valence-corrected chi connectivity index (χ0v) is 9.91. The molecular weight excluding hydrogens is 208 g/mol. The van der Waals surface area contributed by atoms with Crippen molar-refractivity contribution in [2.45, 2.75) is 13.3 Å². The van der Waals surface area contributed by atoms with Gasteiger partial charge in [-0.2, -0.15) is 5.10 Å². The van der Waals surface area contributed by atoms with Crippen LogP contribution in [0.3, 0.4) is 0 Å². The van der Waals surface area contributed by atoms with Gasteiger partial charge in [-0.15, -0.1) is 0 Å². The van der Waals surface area contributed by atoms with Crippen LogP contribution in [-0.2, 0) is 18.2 Å². The minimum Gasteiger partial charge on any atom is -0.395 e. The SMILES string of the molecule is CCc1nn(C)c(C(=O)NCCOC)c1N. The van der Waals surface area contributed by atoms with Crippen molar-refractivity contribution in [2.24, 2.45) is 7.05 Å². The number of carbonyl (C=O) groups excluding carboxylic acids is 1. The maximum atomic E-state index is 11.8. The second kappa shape index (κ2) is 5.50. The summed E-state index contributed by atoms with van der Waals surface area (Å²) in [5, 5.41) is 6.89. The summed E-state index contributed by atoms with van der Waals surface area (Å²) in [6, 6.07) is 0. The first kappa shape index (κ1) is 12.5. The fourth-order valence-electron chi connectivity index (χ4n) is 1.48. The van der Waals surface area contributed by atoms with Crippen LogP contribution in [0.2, 0.25) is 0 Å². The molecule has 6 nitrogen and oxygen atoms in total. The summed E-state index contributed by atoms with van der Waals surface area (Å²) in [6.07, 6.45) is 0.713. The van der Waals surface area contributed by atoms with E-state index in [1.165, 1.54) is 4.68 Å². The molecule has 1 aromatic rings. The molecule has 0 aliphatic rings. The Labute approximate surface area is 94.8 Å². The number of nitrogen functional groups attached to an aromatic ring is 1. The predicted octanol–water partition coefficient (Wildman–Crippen LogP) is -0.0591. The summed E-state index contributed by atoms with van der Waals surface area (Å²) in [4.78, 5) is 11.8. The number of hydrogen-bond acceptors (Lipinski definition) is 4. The Morgan fingerprint density at radius 2 is 2.31 bits per heavy atom. The van der Waals surface area contributed by atoms with Crippen molar-refractivity contribution < 1.29 is 9.53 Å². The number of methoxy groups -OCH3 is 1. The van der Waals surface area contributed by atoms with E-state index >= 15 is 0 Å². The van der Waals surface area contributed by atoms with Crippen LogP contribution in [0.4, 0.5) is 5.69 Å².